The van der Waals surface area contributed by atoms with Crippen molar-refractivity contribution >= 4 is 17.9 Å². The first-order chi connectivity index (χ1) is 13.5. The van der Waals surface area contributed by atoms with E-state index in [9.17, 15) is 18.4 Å². The van der Waals surface area contributed by atoms with Crippen LogP contribution in [0.4, 0.5) is 8.78 Å². The molecule has 0 unspecified atom stereocenters. The highest BCUT2D eigenvalue weighted by atomic mass is 19.3. The number of alkyl halides is 2. The zero-order valence-electron chi connectivity index (χ0n) is 16.1. The summed E-state index contributed by atoms with van der Waals surface area (Å²) in [4.78, 5) is 27.9. The van der Waals surface area contributed by atoms with Gasteiger partial charge in [0.15, 0.2) is 0 Å². The van der Waals surface area contributed by atoms with E-state index >= 15 is 0 Å². The molecule has 0 radical (unpaired) electrons. The van der Waals surface area contributed by atoms with Crippen molar-refractivity contribution < 1.29 is 23.1 Å². The van der Waals surface area contributed by atoms with Crippen LogP contribution in [0.2, 0.25) is 0 Å². The summed E-state index contributed by atoms with van der Waals surface area (Å²) in [7, 11) is 0. The number of amides is 2. The molecular formula is C20H27F2N3O3. The summed E-state index contributed by atoms with van der Waals surface area (Å²) in [6.45, 7) is 2.71. The molecule has 1 aliphatic heterocycles. The van der Waals surface area contributed by atoms with Crippen molar-refractivity contribution in [1.29, 1.82) is 0 Å². The number of nitrogens with zero attached hydrogens (tertiary/aromatic N) is 2. The van der Waals surface area contributed by atoms with Crippen LogP contribution in [0.15, 0.2) is 30.3 Å². The number of piperazine rings is 1. The van der Waals surface area contributed by atoms with Crippen LogP contribution < -0.4 is 10.1 Å². The number of hydrogen-bond acceptors (Lipinski definition) is 4. The summed E-state index contributed by atoms with van der Waals surface area (Å²) >= 11 is 0. The molecule has 8 heteroatoms. The highest BCUT2D eigenvalue weighted by Gasteiger charge is 2.21. The van der Waals surface area contributed by atoms with Crippen molar-refractivity contribution in [2.24, 2.45) is 0 Å². The number of benzene rings is 1. The van der Waals surface area contributed by atoms with Crippen molar-refractivity contribution in [1.82, 2.24) is 15.1 Å². The average Bonchev–Trinajstić information content (AvgIpc) is 2.67. The molecule has 1 aromatic carbocycles. The highest BCUT2D eigenvalue weighted by molar-refractivity contribution is 5.91. The maximum Gasteiger partial charge on any atom is 0.387 e. The Morgan fingerprint density at radius 1 is 1.18 bits per heavy atom. The van der Waals surface area contributed by atoms with E-state index in [0.717, 1.165) is 18.4 Å². The fourth-order valence-corrected chi connectivity index (χ4v) is 2.82. The quantitative estimate of drug-likeness (QED) is 0.515. The summed E-state index contributed by atoms with van der Waals surface area (Å²) in [6.07, 6.45) is 5.13. The number of unbranched alkanes of at least 4 members (excludes halogenated alkanes) is 1. The Balaban J connectivity index is 1.74. The van der Waals surface area contributed by atoms with Gasteiger partial charge in [-0.3, -0.25) is 14.5 Å². The molecular weight excluding hydrogens is 368 g/mol. The number of carbonyl (C=O) groups is 2. The lowest BCUT2D eigenvalue weighted by atomic mass is 10.2. The Morgan fingerprint density at radius 3 is 2.46 bits per heavy atom. The van der Waals surface area contributed by atoms with Gasteiger partial charge in [-0.25, -0.2) is 0 Å². The minimum atomic E-state index is -2.86. The molecule has 0 aliphatic carbocycles. The van der Waals surface area contributed by atoms with E-state index in [4.69, 9.17) is 0 Å². The van der Waals surface area contributed by atoms with Crippen LogP contribution in [0.25, 0.3) is 6.08 Å². The average molecular weight is 395 g/mol. The zero-order valence-corrected chi connectivity index (χ0v) is 16.1. The zero-order chi connectivity index (χ0) is 20.4. The van der Waals surface area contributed by atoms with Gasteiger partial charge in [0.05, 0.1) is 6.54 Å². The molecule has 6 nitrogen and oxygen atoms in total. The van der Waals surface area contributed by atoms with Gasteiger partial charge >= 0.3 is 6.61 Å². The lowest BCUT2D eigenvalue weighted by Gasteiger charge is -2.33. The van der Waals surface area contributed by atoms with Gasteiger partial charge < -0.3 is 15.0 Å². The molecule has 0 aromatic heterocycles. The second-order valence-corrected chi connectivity index (χ2v) is 6.59. The lowest BCUT2D eigenvalue weighted by Crippen LogP contribution is -2.50. The van der Waals surface area contributed by atoms with Crippen LogP contribution in [-0.2, 0) is 9.59 Å². The van der Waals surface area contributed by atoms with Crippen LogP contribution in [-0.4, -0.2) is 67.5 Å². The van der Waals surface area contributed by atoms with Crippen LogP contribution in [0.3, 0.4) is 0 Å². The number of nitrogens with one attached hydrogen (secondary N) is 1. The predicted octanol–water partition coefficient (Wildman–Crippen LogP) is 2.36. The third-order valence-corrected chi connectivity index (χ3v) is 4.43. The Labute approximate surface area is 164 Å². The molecule has 2 rings (SSSR count). The molecule has 0 atom stereocenters. The van der Waals surface area contributed by atoms with Crippen LogP contribution in [0.5, 0.6) is 5.75 Å². The molecule has 0 bridgehead atoms. The molecule has 1 aromatic rings. The lowest BCUT2D eigenvalue weighted by molar-refractivity contribution is -0.128. The second kappa shape index (κ2) is 11.4. The van der Waals surface area contributed by atoms with Gasteiger partial charge in [0.2, 0.25) is 11.8 Å². The largest absolute Gasteiger partial charge is 0.435 e. The number of hydrogen-bond donors (Lipinski definition) is 1. The summed E-state index contributed by atoms with van der Waals surface area (Å²) in [6, 6.07) is 6.08. The van der Waals surface area contributed by atoms with E-state index in [-0.39, 0.29) is 17.6 Å². The molecule has 0 spiro atoms. The minimum Gasteiger partial charge on any atom is -0.435 e. The minimum absolute atomic E-state index is 0.0207. The summed E-state index contributed by atoms with van der Waals surface area (Å²) in [5.74, 6) is -0.0133. The van der Waals surface area contributed by atoms with Crippen molar-refractivity contribution in [3.8, 4) is 5.75 Å². The number of carbonyl (C=O) groups excluding carboxylic acids is 2. The number of ether oxygens (including phenoxy) is 1. The van der Waals surface area contributed by atoms with Gasteiger partial charge in [-0.2, -0.15) is 8.78 Å². The van der Waals surface area contributed by atoms with Gasteiger partial charge in [-0.15, -0.1) is 0 Å². The van der Waals surface area contributed by atoms with Crippen LogP contribution in [0.1, 0.15) is 25.3 Å². The van der Waals surface area contributed by atoms with Crippen molar-refractivity contribution in [2.45, 2.75) is 26.4 Å². The van der Waals surface area contributed by atoms with Crippen molar-refractivity contribution in [2.75, 3.05) is 39.3 Å². The summed E-state index contributed by atoms with van der Waals surface area (Å²) in [5, 5.41) is 2.89. The third kappa shape index (κ3) is 7.64. The first-order valence-corrected chi connectivity index (χ1v) is 9.49. The molecule has 28 heavy (non-hydrogen) atoms. The van der Waals surface area contributed by atoms with E-state index in [1.54, 1.807) is 23.1 Å². The summed E-state index contributed by atoms with van der Waals surface area (Å²) < 4.78 is 28.6. The van der Waals surface area contributed by atoms with E-state index in [2.05, 4.69) is 17.0 Å². The van der Waals surface area contributed by atoms with Gasteiger partial charge in [-0.05, 0) is 30.2 Å². The normalized spacial score (nSPS) is 15.2. The van der Waals surface area contributed by atoms with Crippen molar-refractivity contribution in [3.63, 3.8) is 0 Å². The molecule has 154 valence electrons. The van der Waals surface area contributed by atoms with Crippen LogP contribution >= 0.6 is 0 Å². The molecule has 1 fully saturated rings. The number of rotatable bonds is 9. The molecule has 1 aliphatic rings. The standard InChI is InChI=1S/C20H27F2N3O3/c1-2-3-10-23-18(26)15-24-11-13-25(14-12-24)19(27)9-6-16-4-7-17(8-5-16)28-20(21)22/h4-9,20H,2-3,10-15H2,1H3,(H,23,26)/b9-6+. The molecule has 1 saturated heterocycles. The molecule has 0 saturated carbocycles. The fourth-order valence-electron chi connectivity index (χ4n) is 2.82. The Hall–Kier alpha value is -2.48. The van der Waals surface area contributed by atoms with Gasteiger partial charge in [-0.1, -0.05) is 25.5 Å². The van der Waals surface area contributed by atoms with Gasteiger partial charge in [0, 0.05) is 38.8 Å². The molecule has 1 heterocycles. The highest BCUT2D eigenvalue weighted by Crippen LogP contribution is 2.15. The molecule has 2 amide bonds. The Morgan fingerprint density at radius 2 is 1.86 bits per heavy atom. The maximum absolute atomic E-state index is 12.3. The summed E-state index contributed by atoms with van der Waals surface area (Å²) in [5.41, 5.74) is 0.720. The van der Waals surface area contributed by atoms with E-state index in [1.165, 1.54) is 18.2 Å². The monoisotopic (exact) mass is 395 g/mol. The topological polar surface area (TPSA) is 61.9 Å². The predicted molar refractivity (Wildman–Crippen MR) is 103 cm³/mol. The first-order valence-electron chi connectivity index (χ1n) is 9.49. The Bertz CT molecular complexity index is 657. The van der Waals surface area contributed by atoms with Crippen LogP contribution in [0, 0.1) is 0 Å². The van der Waals surface area contributed by atoms with E-state index < -0.39 is 6.61 Å². The fraction of sp³-hybridized carbons (Fsp3) is 0.500. The van der Waals surface area contributed by atoms with Gasteiger partial charge in [0.25, 0.3) is 0 Å². The van der Waals surface area contributed by atoms with Gasteiger partial charge in [0.1, 0.15) is 5.75 Å². The van der Waals surface area contributed by atoms with E-state index in [1.807, 2.05) is 4.90 Å². The van der Waals surface area contributed by atoms with Crippen molar-refractivity contribution in [3.05, 3.63) is 35.9 Å². The maximum atomic E-state index is 12.3. The first kappa shape index (κ1) is 21.8. The SMILES string of the molecule is CCCCNC(=O)CN1CCN(C(=O)/C=C/c2ccc(OC(F)F)cc2)CC1. The third-order valence-electron chi connectivity index (χ3n) is 4.43. The van der Waals surface area contributed by atoms with E-state index in [0.29, 0.717) is 39.3 Å². The molecule has 1 N–H and O–H groups in total. The number of halogens is 2. The second-order valence-electron chi connectivity index (χ2n) is 6.59. The smallest absolute Gasteiger partial charge is 0.387 e. The Kier molecular flexibility index (Phi) is 8.87.